The number of benzene rings is 2. The van der Waals surface area contributed by atoms with E-state index in [1.54, 1.807) is 28.8 Å². The molecule has 0 spiro atoms. The number of amides is 1. The third-order valence-electron chi connectivity index (χ3n) is 6.51. The van der Waals surface area contributed by atoms with Crippen LogP contribution in [0.15, 0.2) is 58.6 Å². The van der Waals surface area contributed by atoms with E-state index in [2.05, 4.69) is 30.8 Å². The SMILES string of the molecule is C=Cc1ccc(Cn2nc3n(CCC(C)C)c(=O)c4ccc(C(=O)N[C@H](C)CC)cc4n3c2=O)cc1. The molecule has 2 aromatic carbocycles. The Balaban J connectivity index is 1.91. The number of aryl methyl sites for hydroxylation is 1. The molecule has 36 heavy (non-hydrogen) atoms. The minimum atomic E-state index is -0.361. The zero-order valence-corrected chi connectivity index (χ0v) is 21.3. The molecule has 0 saturated heterocycles. The van der Waals surface area contributed by atoms with Crippen molar-refractivity contribution in [3.05, 3.63) is 86.6 Å². The number of hydrogen-bond acceptors (Lipinski definition) is 4. The Hall–Kier alpha value is -3.94. The number of carbonyl (C=O) groups excluding carboxylic acids is 1. The monoisotopic (exact) mass is 487 g/mol. The Kier molecular flexibility index (Phi) is 7.24. The van der Waals surface area contributed by atoms with Gasteiger partial charge < -0.3 is 5.32 Å². The van der Waals surface area contributed by atoms with Crippen LogP contribution in [0.2, 0.25) is 0 Å². The zero-order valence-electron chi connectivity index (χ0n) is 21.3. The topological polar surface area (TPSA) is 90.4 Å². The predicted molar refractivity (Wildman–Crippen MR) is 144 cm³/mol. The van der Waals surface area contributed by atoms with E-state index in [9.17, 15) is 14.4 Å². The molecule has 0 bridgehead atoms. The highest BCUT2D eigenvalue weighted by atomic mass is 16.2. The number of fused-ring (bicyclic) bond motifs is 3. The van der Waals surface area contributed by atoms with Gasteiger partial charge in [0.25, 0.3) is 11.5 Å². The molecule has 0 aliphatic heterocycles. The van der Waals surface area contributed by atoms with Gasteiger partial charge in [-0.25, -0.2) is 13.9 Å². The number of aromatic nitrogens is 4. The summed E-state index contributed by atoms with van der Waals surface area (Å²) in [7, 11) is 0. The minimum Gasteiger partial charge on any atom is -0.350 e. The molecule has 4 rings (SSSR count). The maximum absolute atomic E-state index is 13.6. The fourth-order valence-corrected chi connectivity index (χ4v) is 4.09. The average Bonchev–Trinajstić information content (AvgIpc) is 3.19. The third kappa shape index (κ3) is 4.89. The maximum atomic E-state index is 13.6. The van der Waals surface area contributed by atoms with E-state index in [-0.39, 0.29) is 35.5 Å². The van der Waals surface area contributed by atoms with Crippen molar-refractivity contribution in [2.45, 2.75) is 59.7 Å². The number of hydrogen-bond donors (Lipinski definition) is 1. The van der Waals surface area contributed by atoms with Gasteiger partial charge in [-0.05, 0) is 55.0 Å². The number of nitrogens with one attached hydrogen (secondary N) is 1. The second-order valence-corrected chi connectivity index (χ2v) is 9.68. The number of nitrogens with zero attached hydrogens (tertiary/aromatic N) is 4. The van der Waals surface area contributed by atoms with Crippen LogP contribution in [0, 0.1) is 5.92 Å². The summed E-state index contributed by atoms with van der Waals surface area (Å²) < 4.78 is 4.39. The summed E-state index contributed by atoms with van der Waals surface area (Å²) >= 11 is 0. The van der Waals surface area contributed by atoms with Crippen molar-refractivity contribution in [1.82, 2.24) is 24.1 Å². The van der Waals surface area contributed by atoms with E-state index in [1.807, 2.05) is 38.1 Å². The molecular formula is C28H33N5O3. The summed E-state index contributed by atoms with van der Waals surface area (Å²) in [6.45, 7) is 12.6. The van der Waals surface area contributed by atoms with Crippen molar-refractivity contribution < 1.29 is 4.79 Å². The smallest absolute Gasteiger partial charge is 0.350 e. The van der Waals surface area contributed by atoms with Gasteiger partial charge in [0.05, 0.1) is 17.4 Å². The van der Waals surface area contributed by atoms with Crippen LogP contribution < -0.4 is 16.6 Å². The minimum absolute atomic E-state index is 0.00945. The molecule has 0 aliphatic carbocycles. The fourth-order valence-electron chi connectivity index (χ4n) is 4.09. The van der Waals surface area contributed by atoms with Crippen LogP contribution in [-0.4, -0.2) is 30.7 Å². The quantitative estimate of drug-likeness (QED) is 0.385. The van der Waals surface area contributed by atoms with Crippen LogP contribution in [0.25, 0.3) is 22.8 Å². The van der Waals surface area contributed by atoms with Gasteiger partial charge in [0.2, 0.25) is 5.78 Å². The first-order chi connectivity index (χ1) is 17.2. The summed E-state index contributed by atoms with van der Waals surface area (Å²) in [6.07, 6.45) is 3.32. The van der Waals surface area contributed by atoms with Gasteiger partial charge in [0, 0.05) is 18.2 Å². The summed E-state index contributed by atoms with van der Waals surface area (Å²) in [5.74, 6) is 0.405. The first kappa shape index (κ1) is 25.2. The molecule has 8 nitrogen and oxygen atoms in total. The molecule has 0 fully saturated rings. The summed E-state index contributed by atoms with van der Waals surface area (Å²) in [5.41, 5.74) is 2.08. The lowest BCUT2D eigenvalue weighted by atomic mass is 10.1. The van der Waals surface area contributed by atoms with Gasteiger partial charge in [-0.15, -0.1) is 5.10 Å². The standard InChI is InChI=1S/C28H33N5O3/c1-6-19(5)29-25(34)22-12-13-23-24(16-22)33-27(31(26(23)35)15-14-18(3)4)30-32(28(33)36)17-21-10-8-20(7-2)9-11-21/h7-13,16,18-19H,2,6,14-15,17H2,1,3-5H3,(H,29,34)/t19-/m1/s1. The molecule has 0 aliphatic rings. The Morgan fingerprint density at radius 2 is 1.83 bits per heavy atom. The van der Waals surface area contributed by atoms with Crippen LogP contribution >= 0.6 is 0 Å². The van der Waals surface area contributed by atoms with Gasteiger partial charge in [-0.1, -0.05) is 57.7 Å². The lowest BCUT2D eigenvalue weighted by Crippen LogP contribution is -2.32. The second-order valence-electron chi connectivity index (χ2n) is 9.68. The number of rotatable bonds is 9. The first-order valence-electron chi connectivity index (χ1n) is 12.4. The van der Waals surface area contributed by atoms with Crippen LogP contribution in [-0.2, 0) is 13.1 Å². The number of carbonyl (C=O) groups is 1. The molecule has 0 radical (unpaired) electrons. The lowest BCUT2D eigenvalue weighted by Gasteiger charge is -2.13. The van der Waals surface area contributed by atoms with Gasteiger partial charge in [0.1, 0.15) is 0 Å². The highest BCUT2D eigenvalue weighted by Crippen LogP contribution is 2.16. The Morgan fingerprint density at radius 3 is 2.47 bits per heavy atom. The molecule has 8 heteroatoms. The second kappa shape index (κ2) is 10.4. The van der Waals surface area contributed by atoms with Crippen LogP contribution in [0.1, 0.15) is 62.0 Å². The average molecular weight is 488 g/mol. The molecule has 2 heterocycles. The van der Waals surface area contributed by atoms with Gasteiger partial charge in [-0.2, -0.15) is 0 Å². The molecule has 1 amide bonds. The summed E-state index contributed by atoms with van der Waals surface area (Å²) in [6, 6.07) is 12.6. The molecule has 4 aromatic rings. The van der Waals surface area contributed by atoms with Crippen LogP contribution in [0.3, 0.4) is 0 Å². The molecular weight excluding hydrogens is 454 g/mol. The Morgan fingerprint density at radius 1 is 1.11 bits per heavy atom. The van der Waals surface area contributed by atoms with Gasteiger partial charge >= 0.3 is 5.69 Å². The predicted octanol–water partition coefficient (Wildman–Crippen LogP) is 4.08. The maximum Gasteiger partial charge on any atom is 0.352 e. The molecule has 188 valence electrons. The van der Waals surface area contributed by atoms with E-state index >= 15 is 0 Å². The highest BCUT2D eigenvalue weighted by molar-refractivity contribution is 5.98. The van der Waals surface area contributed by atoms with Crippen molar-refractivity contribution in [3.8, 4) is 0 Å². The van der Waals surface area contributed by atoms with Crippen LogP contribution in [0.4, 0.5) is 0 Å². The highest BCUT2D eigenvalue weighted by Gasteiger charge is 2.19. The van der Waals surface area contributed by atoms with Crippen molar-refractivity contribution in [1.29, 1.82) is 0 Å². The normalized spacial score (nSPS) is 12.4. The zero-order chi connectivity index (χ0) is 26.0. The molecule has 0 unspecified atom stereocenters. The van der Waals surface area contributed by atoms with E-state index in [0.29, 0.717) is 28.9 Å². The Bertz CT molecular complexity index is 1540. The van der Waals surface area contributed by atoms with Crippen molar-refractivity contribution in [2.75, 3.05) is 0 Å². The molecule has 2 aromatic heterocycles. The summed E-state index contributed by atoms with van der Waals surface area (Å²) in [5, 5.41) is 7.90. The van der Waals surface area contributed by atoms with E-state index in [1.165, 1.54) is 9.08 Å². The van der Waals surface area contributed by atoms with Crippen molar-refractivity contribution >= 4 is 28.7 Å². The molecule has 1 N–H and O–H groups in total. The summed E-state index contributed by atoms with van der Waals surface area (Å²) in [4.78, 5) is 39.9. The fraction of sp³-hybridized carbons (Fsp3) is 0.357. The van der Waals surface area contributed by atoms with E-state index < -0.39 is 0 Å². The molecule has 1 atom stereocenters. The van der Waals surface area contributed by atoms with E-state index in [0.717, 1.165) is 24.0 Å². The van der Waals surface area contributed by atoms with Gasteiger partial charge in [0.15, 0.2) is 0 Å². The van der Waals surface area contributed by atoms with Gasteiger partial charge in [-0.3, -0.25) is 14.2 Å². The first-order valence-corrected chi connectivity index (χ1v) is 12.4. The lowest BCUT2D eigenvalue weighted by molar-refractivity contribution is 0.0939. The van der Waals surface area contributed by atoms with Crippen molar-refractivity contribution in [2.24, 2.45) is 5.92 Å². The third-order valence-corrected chi connectivity index (χ3v) is 6.51. The van der Waals surface area contributed by atoms with Crippen molar-refractivity contribution in [3.63, 3.8) is 0 Å². The largest absolute Gasteiger partial charge is 0.352 e. The van der Waals surface area contributed by atoms with E-state index in [4.69, 9.17) is 0 Å². The molecule has 0 saturated carbocycles. The van der Waals surface area contributed by atoms with Crippen LogP contribution in [0.5, 0.6) is 0 Å². The Labute approximate surface area is 209 Å².